The van der Waals surface area contributed by atoms with E-state index in [4.69, 9.17) is 5.11 Å². The molecule has 2 bridgehead atoms. The van der Waals surface area contributed by atoms with E-state index >= 15 is 0 Å². The van der Waals surface area contributed by atoms with Gasteiger partial charge in [-0.2, -0.15) is 0 Å². The van der Waals surface area contributed by atoms with Crippen LogP contribution in [0.15, 0.2) is 12.2 Å². The lowest BCUT2D eigenvalue weighted by Gasteiger charge is -2.26. The van der Waals surface area contributed by atoms with Gasteiger partial charge < -0.3 is 10.0 Å². The molecular formula is C11H15NO3. The molecular weight excluding hydrogens is 194 g/mol. The highest BCUT2D eigenvalue weighted by atomic mass is 16.4. The number of hydrogen-bond acceptors (Lipinski definition) is 2. The molecule has 2 rings (SSSR count). The topological polar surface area (TPSA) is 57.6 Å². The van der Waals surface area contributed by atoms with Crippen LogP contribution in [0.25, 0.3) is 0 Å². The highest BCUT2D eigenvalue weighted by molar-refractivity contribution is 5.86. The van der Waals surface area contributed by atoms with Gasteiger partial charge in [-0.25, -0.2) is 0 Å². The number of carbonyl (C=O) groups excluding carboxylic acids is 1. The molecule has 4 nitrogen and oxygen atoms in total. The Morgan fingerprint density at radius 2 is 1.73 bits per heavy atom. The Bertz CT molecular complexity index is 335. The third-order valence-corrected chi connectivity index (χ3v) is 3.47. The monoisotopic (exact) mass is 209 g/mol. The van der Waals surface area contributed by atoms with Crippen molar-refractivity contribution in [1.82, 2.24) is 4.90 Å². The molecule has 0 radical (unpaired) electrons. The average molecular weight is 209 g/mol. The summed E-state index contributed by atoms with van der Waals surface area (Å²) in [6, 6.07) is 0. The summed E-state index contributed by atoms with van der Waals surface area (Å²) in [6.07, 6.45) is 4.76. The van der Waals surface area contributed by atoms with Crippen LogP contribution in [-0.4, -0.2) is 36.0 Å². The van der Waals surface area contributed by atoms with Gasteiger partial charge in [0.2, 0.25) is 5.91 Å². The van der Waals surface area contributed by atoms with Crippen molar-refractivity contribution in [2.45, 2.75) is 6.42 Å². The van der Waals surface area contributed by atoms with E-state index in [1.165, 1.54) is 4.90 Å². The van der Waals surface area contributed by atoms with Gasteiger partial charge in [0.25, 0.3) is 0 Å². The van der Waals surface area contributed by atoms with Gasteiger partial charge in [-0.1, -0.05) is 12.2 Å². The molecule has 0 heterocycles. The second-order valence-corrected chi connectivity index (χ2v) is 4.57. The smallest absolute Gasteiger partial charge is 0.307 e. The first kappa shape index (κ1) is 10.2. The molecule has 4 heteroatoms. The Kier molecular flexibility index (Phi) is 2.29. The summed E-state index contributed by atoms with van der Waals surface area (Å²) in [5.74, 6) is -1.58. The number of carboxylic acid groups (broad SMARTS) is 1. The Morgan fingerprint density at radius 3 is 2.20 bits per heavy atom. The van der Waals surface area contributed by atoms with E-state index < -0.39 is 11.9 Å². The van der Waals surface area contributed by atoms with Crippen molar-refractivity contribution in [3.63, 3.8) is 0 Å². The summed E-state index contributed by atoms with van der Waals surface area (Å²) >= 11 is 0. The van der Waals surface area contributed by atoms with Gasteiger partial charge in [-0.15, -0.1) is 0 Å². The Labute approximate surface area is 88.6 Å². The SMILES string of the molecule is CN(C)C(=O)[C@H]1[C@H](C(=O)O)[C@H]2C=C[C@H]1C2. The van der Waals surface area contributed by atoms with Crippen molar-refractivity contribution in [2.24, 2.45) is 23.7 Å². The molecule has 1 saturated carbocycles. The molecule has 0 aromatic carbocycles. The second kappa shape index (κ2) is 3.36. The zero-order valence-corrected chi connectivity index (χ0v) is 8.88. The Morgan fingerprint density at radius 1 is 1.20 bits per heavy atom. The first-order valence-corrected chi connectivity index (χ1v) is 5.14. The van der Waals surface area contributed by atoms with Crippen molar-refractivity contribution in [2.75, 3.05) is 14.1 Å². The number of hydrogen-bond donors (Lipinski definition) is 1. The standard InChI is InChI=1S/C11H15NO3/c1-12(2)10(13)8-6-3-4-7(5-6)9(8)11(14)15/h3-4,6-9H,5H2,1-2H3,(H,14,15)/t6-,7-,8+,9+/m0/s1. The highest BCUT2D eigenvalue weighted by Crippen LogP contribution is 2.48. The maximum atomic E-state index is 11.9. The number of aliphatic carboxylic acids is 1. The van der Waals surface area contributed by atoms with E-state index in [2.05, 4.69) is 0 Å². The maximum absolute atomic E-state index is 11.9. The minimum atomic E-state index is -0.841. The summed E-state index contributed by atoms with van der Waals surface area (Å²) in [4.78, 5) is 24.5. The number of amides is 1. The third-order valence-electron chi connectivity index (χ3n) is 3.47. The van der Waals surface area contributed by atoms with Crippen LogP contribution in [0.1, 0.15) is 6.42 Å². The molecule has 1 fully saturated rings. The number of fused-ring (bicyclic) bond motifs is 2. The fourth-order valence-corrected chi connectivity index (χ4v) is 2.79. The molecule has 0 unspecified atom stereocenters. The summed E-state index contributed by atoms with van der Waals surface area (Å²) in [5, 5.41) is 9.13. The summed E-state index contributed by atoms with van der Waals surface area (Å²) in [6.45, 7) is 0. The Hall–Kier alpha value is -1.32. The zero-order valence-electron chi connectivity index (χ0n) is 8.88. The first-order valence-electron chi connectivity index (χ1n) is 5.14. The van der Waals surface area contributed by atoms with Crippen LogP contribution in [0.4, 0.5) is 0 Å². The van der Waals surface area contributed by atoms with Crippen molar-refractivity contribution < 1.29 is 14.7 Å². The van der Waals surface area contributed by atoms with Gasteiger partial charge in [-0.3, -0.25) is 9.59 Å². The molecule has 2 aliphatic carbocycles. The van der Waals surface area contributed by atoms with Crippen LogP contribution >= 0.6 is 0 Å². The van der Waals surface area contributed by atoms with Crippen molar-refractivity contribution in [3.8, 4) is 0 Å². The van der Waals surface area contributed by atoms with Crippen LogP contribution in [0, 0.1) is 23.7 Å². The maximum Gasteiger partial charge on any atom is 0.307 e. The fraction of sp³-hybridized carbons (Fsp3) is 0.636. The van der Waals surface area contributed by atoms with Crippen molar-refractivity contribution >= 4 is 11.9 Å². The number of nitrogens with zero attached hydrogens (tertiary/aromatic N) is 1. The molecule has 2 aliphatic rings. The molecule has 0 aromatic rings. The lowest BCUT2D eigenvalue weighted by molar-refractivity contribution is -0.150. The lowest BCUT2D eigenvalue weighted by Crippen LogP contribution is -2.39. The van der Waals surface area contributed by atoms with Gasteiger partial charge in [0.05, 0.1) is 11.8 Å². The van der Waals surface area contributed by atoms with E-state index in [-0.39, 0.29) is 23.7 Å². The van der Waals surface area contributed by atoms with Crippen LogP contribution in [0.2, 0.25) is 0 Å². The number of rotatable bonds is 2. The van der Waals surface area contributed by atoms with Crippen molar-refractivity contribution in [1.29, 1.82) is 0 Å². The number of carboxylic acids is 1. The van der Waals surface area contributed by atoms with Crippen molar-refractivity contribution in [3.05, 3.63) is 12.2 Å². The molecule has 4 atom stereocenters. The minimum Gasteiger partial charge on any atom is -0.481 e. The molecule has 0 aromatic heterocycles. The van der Waals surface area contributed by atoms with Gasteiger partial charge in [0, 0.05) is 14.1 Å². The molecule has 0 aliphatic heterocycles. The predicted molar refractivity (Wildman–Crippen MR) is 54.0 cm³/mol. The lowest BCUT2D eigenvalue weighted by atomic mass is 9.82. The normalized spacial score (nSPS) is 36.9. The van der Waals surface area contributed by atoms with E-state index in [0.29, 0.717) is 0 Å². The average Bonchev–Trinajstić information content (AvgIpc) is 2.74. The van der Waals surface area contributed by atoms with Gasteiger partial charge >= 0.3 is 5.97 Å². The molecule has 15 heavy (non-hydrogen) atoms. The highest BCUT2D eigenvalue weighted by Gasteiger charge is 2.51. The predicted octanol–water partition coefficient (Wildman–Crippen LogP) is 0.597. The van der Waals surface area contributed by atoms with Gasteiger partial charge in [0.1, 0.15) is 0 Å². The van der Waals surface area contributed by atoms with E-state index in [1.54, 1.807) is 14.1 Å². The third kappa shape index (κ3) is 1.44. The quantitative estimate of drug-likeness (QED) is 0.677. The second-order valence-electron chi connectivity index (χ2n) is 4.57. The number of allylic oxidation sites excluding steroid dienone is 2. The molecule has 0 saturated heterocycles. The van der Waals surface area contributed by atoms with Crippen LogP contribution in [0.3, 0.4) is 0 Å². The zero-order chi connectivity index (χ0) is 11.2. The van der Waals surface area contributed by atoms with Crippen LogP contribution in [-0.2, 0) is 9.59 Å². The van der Waals surface area contributed by atoms with E-state index in [9.17, 15) is 9.59 Å². The Balaban J connectivity index is 2.27. The molecule has 1 N–H and O–H groups in total. The van der Waals surface area contributed by atoms with Crippen LogP contribution in [0.5, 0.6) is 0 Å². The largest absolute Gasteiger partial charge is 0.481 e. The summed E-state index contributed by atoms with van der Waals surface area (Å²) in [5.41, 5.74) is 0. The minimum absolute atomic E-state index is 0.0563. The van der Waals surface area contributed by atoms with Gasteiger partial charge in [0.15, 0.2) is 0 Å². The fourth-order valence-electron chi connectivity index (χ4n) is 2.79. The summed E-state index contributed by atoms with van der Waals surface area (Å²) < 4.78 is 0. The first-order chi connectivity index (χ1) is 7.02. The van der Waals surface area contributed by atoms with Crippen LogP contribution < -0.4 is 0 Å². The summed E-state index contributed by atoms with van der Waals surface area (Å²) in [7, 11) is 3.36. The molecule has 82 valence electrons. The molecule has 0 spiro atoms. The van der Waals surface area contributed by atoms with E-state index in [1.807, 2.05) is 12.2 Å². The number of carbonyl (C=O) groups is 2. The molecule has 1 amide bonds. The van der Waals surface area contributed by atoms with Gasteiger partial charge in [-0.05, 0) is 18.3 Å². The van der Waals surface area contributed by atoms with E-state index in [0.717, 1.165) is 6.42 Å².